The van der Waals surface area contributed by atoms with E-state index in [-0.39, 0.29) is 6.09 Å². The molecule has 1 rings (SSSR count). The fourth-order valence-electron chi connectivity index (χ4n) is 1.42. The number of ether oxygens (including phenoxy) is 1. The van der Waals surface area contributed by atoms with Crippen LogP contribution in [-0.2, 0) is 9.53 Å². The Kier molecular flexibility index (Phi) is 4.62. The summed E-state index contributed by atoms with van der Waals surface area (Å²) in [6, 6.07) is 0. The molecule has 0 spiro atoms. The molecule has 1 amide bonds. The Bertz CT molecular complexity index is 288. The second kappa shape index (κ2) is 5.75. The van der Waals surface area contributed by atoms with Crippen molar-refractivity contribution in [3.63, 3.8) is 0 Å². The van der Waals surface area contributed by atoms with Crippen LogP contribution in [-0.4, -0.2) is 37.0 Å². The summed E-state index contributed by atoms with van der Waals surface area (Å²) in [5.41, 5.74) is 0.587. The Morgan fingerprint density at radius 3 is 2.80 bits per heavy atom. The minimum atomic E-state index is -0.339. The molecule has 0 atom stereocenters. The fraction of sp³-hybridized carbons (Fsp3) is 0.600. The summed E-state index contributed by atoms with van der Waals surface area (Å²) in [7, 11) is 0. The largest absolute Gasteiger partial charge is 0.450 e. The summed E-state index contributed by atoms with van der Waals surface area (Å²) in [5.74, 6) is 0. The average Bonchev–Trinajstić information content (AvgIpc) is 2.40. The number of hydrogen-bond acceptors (Lipinski definition) is 3. The van der Waals surface area contributed by atoms with Gasteiger partial charge in [-0.3, -0.25) is 4.79 Å². The number of hydrogen-bond donors (Lipinski definition) is 0. The van der Waals surface area contributed by atoms with Gasteiger partial charge in [-0.1, -0.05) is 11.6 Å². The highest BCUT2D eigenvalue weighted by Crippen LogP contribution is 2.20. The molecule has 0 fully saturated rings. The first-order chi connectivity index (χ1) is 7.19. The Balaban J connectivity index is 2.58. The second-order valence-corrected chi connectivity index (χ2v) is 3.69. The van der Waals surface area contributed by atoms with E-state index in [4.69, 9.17) is 16.3 Å². The number of rotatable bonds is 2. The lowest BCUT2D eigenvalue weighted by molar-refractivity contribution is -0.105. The van der Waals surface area contributed by atoms with E-state index in [9.17, 15) is 9.59 Å². The molecule has 0 aliphatic carbocycles. The summed E-state index contributed by atoms with van der Waals surface area (Å²) in [5, 5.41) is 0.553. The molecule has 0 aromatic carbocycles. The van der Waals surface area contributed by atoms with Crippen LogP contribution >= 0.6 is 11.6 Å². The van der Waals surface area contributed by atoms with Crippen molar-refractivity contribution in [3.8, 4) is 0 Å². The van der Waals surface area contributed by atoms with Crippen LogP contribution in [0, 0.1) is 0 Å². The first-order valence-electron chi connectivity index (χ1n) is 4.93. The number of aldehydes is 1. The molecule has 1 heterocycles. The Hall–Kier alpha value is -1.03. The SMILES string of the molecule is CCOC(=O)N1CCC(Cl)=C(C=O)CC1. The quantitative estimate of drug-likeness (QED) is 0.683. The van der Waals surface area contributed by atoms with Gasteiger partial charge in [0.2, 0.25) is 0 Å². The molecular formula is C10H14ClNO3. The van der Waals surface area contributed by atoms with Gasteiger partial charge in [-0.15, -0.1) is 0 Å². The van der Waals surface area contributed by atoms with Crippen LogP contribution in [0.3, 0.4) is 0 Å². The topological polar surface area (TPSA) is 46.6 Å². The molecule has 15 heavy (non-hydrogen) atoms. The van der Waals surface area contributed by atoms with Crippen molar-refractivity contribution >= 4 is 24.0 Å². The molecule has 0 aromatic heterocycles. The lowest BCUT2D eigenvalue weighted by Gasteiger charge is -2.19. The first kappa shape index (κ1) is 12.0. The maximum absolute atomic E-state index is 11.4. The highest BCUT2D eigenvalue weighted by Gasteiger charge is 2.19. The van der Waals surface area contributed by atoms with Gasteiger partial charge >= 0.3 is 6.09 Å². The van der Waals surface area contributed by atoms with Crippen LogP contribution in [0.15, 0.2) is 10.6 Å². The summed E-state index contributed by atoms with van der Waals surface area (Å²) < 4.78 is 4.88. The molecule has 0 saturated carbocycles. The standard InChI is InChI=1S/C10H14ClNO3/c1-2-15-10(14)12-5-3-8(7-13)9(11)4-6-12/h7H,2-6H2,1H3. The van der Waals surface area contributed by atoms with Crippen molar-refractivity contribution in [1.82, 2.24) is 4.90 Å². The zero-order chi connectivity index (χ0) is 11.3. The molecule has 1 aliphatic rings. The maximum atomic E-state index is 11.4. The summed E-state index contributed by atoms with van der Waals surface area (Å²) >= 11 is 5.90. The van der Waals surface area contributed by atoms with E-state index in [1.807, 2.05) is 0 Å². The van der Waals surface area contributed by atoms with E-state index in [0.717, 1.165) is 6.29 Å². The number of amides is 1. The van der Waals surface area contributed by atoms with Crippen molar-refractivity contribution < 1.29 is 14.3 Å². The summed E-state index contributed by atoms with van der Waals surface area (Å²) in [6.45, 7) is 3.12. The predicted octanol–water partition coefficient (Wildman–Crippen LogP) is 1.93. The molecule has 5 heteroatoms. The second-order valence-electron chi connectivity index (χ2n) is 3.23. The van der Waals surface area contributed by atoms with Crippen molar-refractivity contribution in [3.05, 3.63) is 10.6 Å². The number of carbonyl (C=O) groups is 2. The van der Waals surface area contributed by atoms with Gasteiger partial charge in [-0.2, -0.15) is 0 Å². The number of carbonyl (C=O) groups excluding carboxylic acids is 2. The van der Waals surface area contributed by atoms with Crippen molar-refractivity contribution in [2.75, 3.05) is 19.7 Å². The lowest BCUT2D eigenvalue weighted by atomic mass is 10.2. The van der Waals surface area contributed by atoms with Gasteiger partial charge in [0.15, 0.2) is 0 Å². The monoisotopic (exact) mass is 231 g/mol. The third-order valence-electron chi connectivity index (χ3n) is 2.27. The zero-order valence-electron chi connectivity index (χ0n) is 8.66. The molecule has 0 bridgehead atoms. The van der Waals surface area contributed by atoms with E-state index in [1.54, 1.807) is 11.8 Å². The Morgan fingerprint density at radius 1 is 1.53 bits per heavy atom. The van der Waals surface area contributed by atoms with Crippen LogP contribution in [0.1, 0.15) is 19.8 Å². The molecule has 1 aliphatic heterocycles. The number of nitrogens with zero attached hydrogens (tertiary/aromatic N) is 1. The molecular weight excluding hydrogens is 218 g/mol. The summed E-state index contributed by atoms with van der Waals surface area (Å²) in [6.07, 6.45) is 1.45. The first-order valence-corrected chi connectivity index (χ1v) is 5.31. The fourth-order valence-corrected chi connectivity index (χ4v) is 1.64. The smallest absolute Gasteiger partial charge is 0.409 e. The van der Waals surface area contributed by atoms with Gasteiger partial charge in [0.05, 0.1) is 6.61 Å². The predicted molar refractivity (Wildman–Crippen MR) is 56.8 cm³/mol. The maximum Gasteiger partial charge on any atom is 0.409 e. The molecule has 4 nitrogen and oxygen atoms in total. The van der Waals surface area contributed by atoms with Gasteiger partial charge in [0.1, 0.15) is 6.29 Å². The minimum absolute atomic E-state index is 0.339. The van der Waals surface area contributed by atoms with Crippen LogP contribution in [0.4, 0.5) is 4.79 Å². The molecule has 0 aromatic rings. The van der Waals surface area contributed by atoms with E-state index in [0.29, 0.717) is 43.1 Å². The molecule has 84 valence electrons. The van der Waals surface area contributed by atoms with Crippen LogP contribution in [0.25, 0.3) is 0 Å². The van der Waals surface area contributed by atoms with Crippen molar-refractivity contribution in [1.29, 1.82) is 0 Å². The molecule has 0 unspecified atom stereocenters. The van der Waals surface area contributed by atoms with E-state index in [2.05, 4.69) is 0 Å². The zero-order valence-corrected chi connectivity index (χ0v) is 9.42. The van der Waals surface area contributed by atoms with Gasteiger partial charge in [0, 0.05) is 30.1 Å². The minimum Gasteiger partial charge on any atom is -0.450 e. The van der Waals surface area contributed by atoms with Crippen LogP contribution in [0.5, 0.6) is 0 Å². The van der Waals surface area contributed by atoms with Crippen LogP contribution in [0.2, 0.25) is 0 Å². The Labute approximate surface area is 93.8 Å². The van der Waals surface area contributed by atoms with E-state index in [1.165, 1.54) is 0 Å². The van der Waals surface area contributed by atoms with E-state index < -0.39 is 0 Å². The number of halogens is 1. The highest BCUT2D eigenvalue weighted by molar-refractivity contribution is 6.31. The van der Waals surface area contributed by atoms with Crippen molar-refractivity contribution in [2.45, 2.75) is 19.8 Å². The average molecular weight is 232 g/mol. The summed E-state index contributed by atoms with van der Waals surface area (Å²) in [4.78, 5) is 23.6. The third kappa shape index (κ3) is 3.23. The van der Waals surface area contributed by atoms with Gasteiger partial charge < -0.3 is 9.64 Å². The van der Waals surface area contributed by atoms with Gasteiger partial charge in [0.25, 0.3) is 0 Å². The van der Waals surface area contributed by atoms with Crippen molar-refractivity contribution in [2.24, 2.45) is 0 Å². The molecule has 0 radical (unpaired) electrons. The van der Waals surface area contributed by atoms with Gasteiger partial charge in [-0.05, 0) is 13.3 Å². The third-order valence-corrected chi connectivity index (χ3v) is 2.70. The molecule has 0 N–H and O–H groups in total. The van der Waals surface area contributed by atoms with E-state index >= 15 is 0 Å². The highest BCUT2D eigenvalue weighted by atomic mass is 35.5. The normalized spacial score (nSPS) is 17.3. The molecule has 0 saturated heterocycles. The van der Waals surface area contributed by atoms with Crippen LogP contribution < -0.4 is 0 Å². The lowest BCUT2D eigenvalue weighted by Crippen LogP contribution is -2.32. The Morgan fingerprint density at radius 2 is 2.20 bits per heavy atom. The van der Waals surface area contributed by atoms with Gasteiger partial charge in [-0.25, -0.2) is 4.79 Å².